The van der Waals surface area contributed by atoms with Crippen LogP contribution >= 0.6 is 0 Å². The van der Waals surface area contributed by atoms with Gasteiger partial charge in [-0.05, 0) is 43.2 Å². The van der Waals surface area contributed by atoms with Crippen molar-refractivity contribution in [2.75, 3.05) is 0 Å². The van der Waals surface area contributed by atoms with Crippen LogP contribution in [0.3, 0.4) is 0 Å². The van der Waals surface area contributed by atoms with E-state index < -0.39 is 34.2 Å². The fourth-order valence-corrected chi connectivity index (χ4v) is 4.92. The molecule has 0 bridgehead atoms. The van der Waals surface area contributed by atoms with Gasteiger partial charge < -0.3 is 29.8 Å². The average Bonchev–Trinajstić information content (AvgIpc) is 2.97. The summed E-state index contributed by atoms with van der Waals surface area (Å²) in [6.45, 7) is 1.75. The number of aryl methyl sites for hydroxylation is 1. The molecule has 2 heterocycles. The minimum atomic E-state index is -4.37. The maximum Gasteiger partial charge on any atom is 4.00 e. The molecule has 0 aliphatic rings. The number of hydrogen-bond acceptors (Lipinski definition) is 8. The van der Waals surface area contributed by atoms with E-state index in [4.69, 9.17) is 0 Å². The first-order valence-corrected chi connectivity index (χ1v) is 13.9. The number of carboxylic acid groups (broad SMARTS) is 2. The second-order valence-corrected chi connectivity index (χ2v) is 10.6. The smallest absolute Gasteiger partial charge is 0.665 e. The molecule has 1 unspecified atom stereocenters. The molecule has 0 N–H and O–H groups in total. The Morgan fingerprint density at radius 1 is 0.762 bits per heavy atom. The van der Waals surface area contributed by atoms with Crippen LogP contribution in [-0.4, -0.2) is 42.5 Å². The van der Waals surface area contributed by atoms with Crippen LogP contribution < -0.4 is 10.2 Å². The zero-order chi connectivity index (χ0) is 29.4. The van der Waals surface area contributed by atoms with Crippen molar-refractivity contribution in [3.63, 3.8) is 0 Å². The quantitative estimate of drug-likeness (QED) is 0.207. The minimum Gasteiger partial charge on any atom is -0.665 e. The Labute approximate surface area is 257 Å². The molecule has 12 heteroatoms. The maximum absolute atomic E-state index is 12.3. The van der Waals surface area contributed by atoms with Gasteiger partial charge in [-0.1, -0.05) is 78.3 Å². The summed E-state index contributed by atoms with van der Waals surface area (Å²) in [4.78, 5) is 31.1. The number of carbonyl (C=O) groups is 2. The Balaban J connectivity index is 0.000000268. The van der Waals surface area contributed by atoms with Crippen molar-refractivity contribution < 1.29 is 49.3 Å². The number of benzene rings is 3. The summed E-state index contributed by atoms with van der Waals surface area (Å²) in [5.41, 5.74) is 3.32. The number of carboxylic acids is 2. The Morgan fingerprint density at radius 2 is 1.31 bits per heavy atom. The van der Waals surface area contributed by atoms with Gasteiger partial charge in [-0.15, -0.1) is 0 Å². The van der Waals surface area contributed by atoms with Crippen molar-refractivity contribution in [1.82, 2.24) is 9.97 Å². The normalized spacial score (nSPS) is 12.4. The van der Waals surface area contributed by atoms with Crippen LogP contribution in [0.1, 0.15) is 11.1 Å². The van der Waals surface area contributed by atoms with Crippen LogP contribution in [0.5, 0.6) is 0 Å². The van der Waals surface area contributed by atoms with Crippen LogP contribution in [0.25, 0.3) is 31.8 Å². The van der Waals surface area contributed by atoms with Crippen LogP contribution in [0, 0.1) is 6.92 Å². The topological polar surface area (TPSA) is 168 Å². The molecule has 0 amide bonds. The van der Waals surface area contributed by atoms with Crippen LogP contribution in [-0.2, 0) is 47.1 Å². The molecule has 0 spiro atoms. The molecule has 0 saturated carbocycles. The summed E-state index contributed by atoms with van der Waals surface area (Å²) in [7, 11) is -4.37. The second kappa shape index (κ2) is 14.7. The Hall–Kier alpha value is -4.02. The molecule has 2 aromatic heterocycles. The van der Waals surface area contributed by atoms with E-state index in [1.165, 1.54) is 24.3 Å². The first kappa shape index (κ1) is 32.5. The summed E-state index contributed by atoms with van der Waals surface area (Å²) in [6.07, 6.45) is 1.22. The second-order valence-electron chi connectivity index (χ2n) is 8.98. The number of fused-ring (bicyclic) bond motifs is 3. The third-order valence-corrected chi connectivity index (χ3v) is 7.32. The Bertz CT molecular complexity index is 1720. The van der Waals surface area contributed by atoms with E-state index >= 15 is 0 Å². The molecular weight excluding hydrogens is 739 g/mol. The minimum absolute atomic E-state index is 0. The largest absolute Gasteiger partial charge is 4.00 e. The predicted octanol–water partition coefficient (Wildman–Crippen LogP) is 2.65. The van der Waals surface area contributed by atoms with Gasteiger partial charge in [-0.3, -0.25) is 9.97 Å². The van der Waals surface area contributed by atoms with Crippen molar-refractivity contribution in [1.29, 1.82) is 0 Å². The Kier molecular flexibility index (Phi) is 11.4. The molecule has 10 nitrogen and oxygen atoms in total. The summed E-state index contributed by atoms with van der Waals surface area (Å²) < 4.78 is 27.8. The molecule has 5 rings (SSSR count). The fourth-order valence-electron chi connectivity index (χ4n) is 3.92. The number of aromatic nitrogens is 2. The molecule has 0 aliphatic heterocycles. The zero-order valence-corrected chi connectivity index (χ0v) is 25.2. The third kappa shape index (κ3) is 8.50. The molecule has 216 valence electrons. The number of aliphatic carboxylic acids is 2. The summed E-state index contributed by atoms with van der Waals surface area (Å²) in [6, 6.07) is 24.4. The van der Waals surface area contributed by atoms with E-state index in [9.17, 15) is 28.2 Å². The number of nitrogens with zero attached hydrogens (tertiary/aromatic N) is 4. The van der Waals surface area contributed by atoms with Crippen molar-refractivity contribution in [3.05, 3.63) is 125 Å². The van der Waals surface area contributed by atoms with E-state index in [1.54, 1.807) is 49.6 Å². The fraction of sp³-hybridized carbons (Fsp3) is 0.133. The van der Waals surface area contributed by atoms with Crippen LogP contribution in [0.2, 0.25) is 0 Å². The van der Waals surface area contributed by atoms with E-state index in [0.29, 0.717) is 5.56 Å². The molecule has 42 heavy (non-hydrogen) atoms. The van der Waals surface area contributed by atoms with Gasteiger partial charge >= 0.3 is 21.1 Å². The molecule has 0 saturated heterocycles. The van der Waals surface area contributed by atoms with E-state index in [2.05, 4.69) is 44.3 Å². The number of carbonyl (C=O) groups excluding carboxylic acids is 2. The molecule has 0 radical (unpaired) electrons. The van der Waals surface area contributed by atoms with Crippen molar-refractivity contribution in [3.8, 4) is 0 Å². The molecule has 5 aromatic rings. The van der Waals surface area contributed by atoms with Gasteiger partial charge in [-0.2, -0.15) is 6.17 Å². The van der Waals surface area contributed by atoms with Gasteiger partial charge in [-0.25, -0.2) is 8.42 Å². The molecule has 2 atom stereocenters. The van der Waals surface area contributed by atoms with E-state index in [-0.39, 0.29) is 32.4 Å². The standard InChI is InChI=1S/C18H18N2O6S.C12H8N2.Pt/c1-12-7-9-14(10-8-12)27(25,26)20-16(18(23)24)19-15(17(21)22)11-13-5-3-2-4-6-13;1-3-9-5-6-10-4-2-8-14-12(10)11(9)13-7-1;/h2-10,15-16H,11H2,1H3,(H,21,22)(H,23,24);1-8H;/q-2;;+4/p-2/t15-,16?;;/m1../s1. The summed E-state index contributed by atoms with van der Waals surface area (Å²) >= 11 is 0. The van der Waals surface area contributed by atoms with Crippen molar-refractivity contribution >= 4 is 43.8 Å². The average molecular weight is 764 g/mol. The number of rotatable bonds is 9. The third-order valence-electron chi connectivity index (χ3n) is 5.98. The van der Waals surface area contributed by atoms with Gasteiger partial charge in [0, 0.05) is 40.0 Å². The SMILES string of the molecule is Cc1ccc(S(=O)(=O)[N-]C([N-][C@H](Cc2ccccc2)C(=O)[O-])C(=O)[O-])cc1.[Pt+4].c1cnc2c(c1)ccc1cccnc12. The van der Waals surface area contributed by atoms with Crippen molar-refractivity contribution in [2.24, 2.45) is 0 Å². The van der Waals surface area contributed by atoms with Gasteiger partial charge in [0.1, 0.15) is 10.0 Å². The summed E-state index contributed by atoms with van der Waals surface area (Å²) in [5.74, 6) is -3.57. The molecule has 3 aromatic carbocycles. The summed E-state index contributed by atoms with van der Waals surface area (Å²) in [5, 5.41) is 28.4. The van der Waals surface area contributed by atoms with Gasteiger partial charge in [0.05, 0.1) is 11.0 Å². The van der Waals surface area contributed by atoms with Gasteiger partial charge in [0.2, 0.25) is 0 Å². The van der Waals surface area contributed by atoms with Crippen LogP contribution in [0.15, 0.2) is 108 Å². The predicted molar refractivity (Wildman–Crippen MR) is 150 cm³/mol. The number of hydrogen-bond donors (Lipinski definition) is 0. The number of sulfonamides is 1. The van der Waals surface area contributed by atoms with Crippen molar-refractivity contribution in [2.45, 2.75) is 30.4 Å². The first-order chi connectivity index (χ1) is 19.6. The monoisotopic (exact) mass is 763 g/mol. The number of pyridine rings is 2. The van der Waals surface area contributed by atoms with Gasteiger partial charge in [0.25, 0.3) is 0 Å². The maximum atomic E-state index is 12.3. The molecular formula is C30H24N4O6PtS. The van der Waals surface area contributed by atoms with Crippen LogP contribution in [0.4, 0.5) is 0 Å². The molecule has 0 fully saturated rings. The Morgan fingerprint density at radius 3 is 1.81 bits per heavy atom. The van der Waals surface area contributed by atoms with Gasteiger partial charge in [0.15, 0.2) is 0 Å². The first-order valence-electron chi connectivity index (χ1n) is 12.4. The van der Waals surface area contributed by atoms with E-state index in [0.717, 1.165) is 27.4 Å². The zero-order valence-electron chi connectivity index (χ0n) is 22.1. The van der Waals surface area contributed by atoms with E-state index in [1.807, 2.05) is 12.1 Å². The molecule has 0 aliphatic carbocycles.